The molecule has 0 unspecified atom stereocenters. The summed E-state index contributed by atoms with van der Waals surface area (Å²) in [7, 11) is 0. The minimum atomic E-state index is -0.0798. The maximum absolute atomic E-state index is 11.2. The number of aromatic nitrogens is 1. The summed E-state index contributed by atoms with van der Waals surface area (Å²) in [6.45, 7) is 3.74. The molecule has 0 aliphatic carbocycles. The van der Waals surface area contributed by atoms with Crippen molar-refractivity contribution in [1.82, 2.24) is 10.3 Å². The lowest BCUT2D eigenvalue weighted by Gasteiger charge is -2.11. The van der Waals surface area contributed by atoms with Gasteiger partial charge in [0.05, 0.1) is 6.04 Å². The molecule has 0 radical (unpaired) electrons. The van der Waals surface area contributed by atoms with E-state index < -0.39 is 0 Å². The average molecular weight is 190 g/mol. The number of amides is 1. The molecule has 1 aromatic heterocycles. The van der Waals surface area contributed by atoms with Crippen LogP contribution in [-0.4, -0.2) is 10.9 Å². The second kappa shape index (κ2) is 5.17. The molecule has 1 rings (SSSR count). The van der Waals surface area contributed by atoms with E-state index >= 15 is 0 Å². The maximum atomic E-state index is 11.2. The van der Waals surface area contributed by atoms with Crippen LogP contribution in [0.3, 0.4) is 0 Å². The van der Waals surface area contributed by atoms with Crippen molar-refractivity contribution in [1.29, 1.82) is 0 Å². The predicted octanol–water partition coefficient (Wildman–Crippen LogP) is 1.83. The van der Waals surface area contributed by atoms with Crippen LogP contribution in [0.2, 0.25) is 0 Å². The van der Waals surface area contributed by atoms with Gasteiger partial charge in [0.1, 0.15) is 0 Å². The largest absolute Gasteiger partial charge is 0.346 e. The number of allylic oxidation sites excluding steroid dienone is 1. The van der Waals surface area contributed by atoms with Crippen molar-refractivity contribution in [2.45, 2.75) is 19.9 Å². The van der Waals surface area contributed by atoms with Gasteiger partial charge in [-0.3, -0.25) is 9.78 Å². The van der Waals surface area contributed by atoms with E-state index in [0.29, 0.717) is 0 Å². The molecule has 1 aromatic rings. The van der Waals surface area contributed by atoms with Crippen molar-refractivity contribution < 1.29 is 4.79 Å². The first kappa shape index (κ1) is 10.4. The number of hydrogen-bond acceptors (Lipinski definition) is 2. The standard InChI is InChI=1S/C11H14N2O/c1-3-5-11(14)13-9(2)10-6-4-7-12-8-10/h3-9H,1-2H3,(H,13,14)/b5-3+/t9-/m1/s1. The first-order valence-corrected chi connectivity index (χ1v) is 4.57. The summed E-state index contributed by atoms with van der Waals surface area (Å²) in [6, 6.07) is 3.79. The summed E-state index contributed by atoms with van der Waals surface area (Å²) in [5.41, 5.74) is 1.00. The number of carbonyl (C=O) groups is 1. The van der Waals surface area contributed by atoms with Crippen LogP contribution in [0.4, 0.5) is 0 Å². The van der Waals surface area contributed by atoms with Gasteiger partial charge in [0.15, 0.2) is 0 Å². The zero-order valence-electron chi connectivity index (χ0n) is 8.40. The van der Waals surface area contributed by atoms with Crippen molar-refractivity contribution in [3.05, 3.63) is 42.2 Å². The third kappa shape index (κ3) is 3.01. The van der Waals surface area contributed by atoms with Gasteiger partial charge in [-0.05, 0) is 31.6 Å². The highest BCUT2D eigenvalue weighted by molar-refractivity contribution is 5.87. The minimum absolute atomic E-state index is 0.00704. The lowest BCUT2D eigenvalue weighted by molar-refractivity contribution is -0.117. The fraction of sp³-hybridized carbons (Fsp3) is 0.273. The summed E-state index contributed by atoms with van der Waals surface area (Å²) >= 11 is 0. The van der Waals surface area contributed by atoms with Crippen LogP contribution < -0.4 is 5.32 Å². The molecule has 1 heterocycles. The summed E-state index contributed by atoms with van der Waals surface area (Å²) < 4.78 is 0. The molecule has 1 amide bonds. The molecule has 0 bridgehead atoms. The van der Waals surface area contributed by atoms with Gasteiger partial charge in [-0.25, -0.2) is 0 Å². The number of hydrogen-bond donors (Lipinski definition) is 1. The molecule has 1 N–H and O–H groups in total. The highest BCUT2D eigenvalue weighted by Gasteiger charge is 2.06. The lowest BCUT2D eigenvalue weighted by atomic mass is 10.1. The van der Waals surface area contributed by atoms with Crippen LogP contribution in [0.25, 0.3) is 0 Å². The Morgan fingerprint density at radius 2 is 2.43 bits per heavy atom. The Morgan fingerprint density at radius 1 is 1.64 bits per heavy atom. The van der Waals surface area contributed by atoms with Gasteiger partial charge in [-0.15, -0.1) is 0 Å². The zero-order valence-corrected chi connectivity index (χ0v) is 8.40. The van der Waals surface area contributed by atoms with Crippen LogP contribution in [0.1, 0.15) is 25.5 Å². The molecule has 0 aliphatic heterocycles. The number of pyridine rings is 1. The van der Waals surface area contributed by atoms with E-state index in [1.54, 1.807) is 18.5 Å². The lowest BCUT2D eigenvalue weighted by Crippen LogP contribution is -2.24. The molecule has 0 fully saturated rings. The zero-order chi connectivity index (χ0) is 10.4. The number of nitrogens with one attached hydrogen (secondary N) is 1. The molecule has 14 heavy (non-hydrogen) atoms. The van der Waals surface area contributed by atoms with Crippen molar-refractivity contribution >= 4 is 5.91 Å². The van der Waals surface area contributed by atoms with E-state index in [1.807, 2.05) is 26.0 Å². The summed E-state index contributed by atoms with van der Waals surface area (Å²) in [5.74, 6) is -0.0798. The van der Waals surface area contributed by atoms with E-state index in [1.165, 1.54) is 6.08 Å². The SMILES string of the molecule is C/C=C/C(=O)N[C@H](C)c1cccnc1. The molecule has 0 aromatic carbocycles. The molecular weight excluding hydrogens is 176 g/mol. The summed E-state index contributed by atoms with van der Waals surface area (Å²) in [5, 5.41) is 2.83. The van der Waals surface area contributed by atoms with Crippen LogP contribution >= 0.6 is 0 Å². The highest BCUT2D eigenvalue weighted by atomic mass is 16.1. The third-order valence-electron chi connectivity index (χ3n) is 1.86. The first-order valence-electron chi connectivity index (χ1n) is 4.57. The van der Waals surface area contributed by atoms with E-state index in [9.17, 15) is 4.79 Å². The maximum Gasteiger partial charge on any atom is 0.244 e. The molecule has 74 valence electrons. The van der Waals surface area contributed by atoms with Gasteiger partial charge in [-0.1, -0.05) is 12.1 Å². The quantitative estimate of drug-likeness (QED) is 0.739. The van der Waals surface area contributed by atoms with E-state index in [-0.39, 0.29) is 11.9 Å². The normalized spacial score (nSPS) is 12.7. The molecule has 3 nitrogen and oxygen atoms in total. The predicted molar refractivity (Wildman–Crippen MR) is 55.6 cm³/mol. The topological polar surface area (TPSA) is 42.0 Å². The van der Waals surface area contributed by atoms with Gasteiger partial charge in [0, 0.05) is 12.4 Å². The van der Waals surface area contributed by atoms with Crippen molar-refractivity contribution in [3.63, 3.8) is 0 Å². The van der Waals surface area contributed by atoms with Crippen LogP contribution in [0.5, 0.6) is 0 Å². The molecule has 1 atom stereocenters. The fourth-order valence-electron chi connectivity index (χ4n) is 1.13. The second-order valence-electron chi connectivity index (χ2n) is 3.02. The summed E-state index contributed by atoms with van der Waals surface area (Å²) in [4.78, 5) is 15.2. The molecule has 0 spiro atoms. The minimum Gasteiger partial charge on any atom is -0.346 e. The van der Waals surface area contributed by atoms with Gasteiger partial charge in [0.25, 0.3) is 0 Å². The average Bonchev–Trinajstić information content (AvgIpc) is 2.19. The highest BCUT2D eigenvalue weighted by Crippen LogP contribution is 2.09. The fourth-order valence-corrected chi connectivity index (χ4v) is 1.13. The van der Waals surface area contributed by atoms with Crippen LogP contribution in [0.15, 0.2) is 36.7 Å². The van der Waals surface area contributed by atoms with Crippen molar-refractivity contribution in [2.24, 2.45) is 0 Å². The Balaban J connectivity index is 2.59. The number of nitrogens with zero attached hydrogens (tertiary/aromatic N) is 1. The van der Waals surface area contributed by atoms with Gasteiger partial charge in [0.2, 0.25) is 5.91 Å². The van der Waals surface area contributed by atoms with E-state index in [2.05, 4.69) is 10.3 Å². The van der Waals surface area contributed by atoms with Crippen molar-refractivity contribution in [2.75, 3.05) is 0 Å². The second-order valence-corrected chi connectivity index (χ2v) is 3.02. The van der Waals surface area contributed by atoms with Crippen LogP contribution in [-0.2, 0) is 4.79 Å². The van der Waals surface area contributed by atoms with Gasteiger partial charge < -0.3 is 5.32 Å². The Bertz CT molecular complexity index is 319. The van der Waals surface area contributed by atoms with Crippen molar-refractivity contribution in [3.8, 4) is 0 Å². The monoisotopic (exact) mass is 190 g/mol. The van der Waals surface area contributed by atoms with Gasteiger partial charge >= 0.3 is 0 Å². The molecule has 3 heteroatoms. The molecular formula is C11H14N2O. The van der Waals surface area contributed by atoms with Crippen LogP contribution in [0, 0.1) is 0 Å². The Hall–Kier alpha value is -1.64. The molecule has 0 saturated heterocycles. The Morgan fingerprint density at radius 3 is 3.00 bits per heavy atom. The number of carbonyl (C=O) groups excluding carboxylic acids is 1. The third-order valence-corrected chi connectivity index (χ3v) is 1.86. The molecule has 0 saturated carbocycles. The Labute approximate surface area is 83.9 Å². The first-order chi connectivity index (χ1) is 6.74. The van der Waals surface area contributed by atoms with Gasteiger partial charge in [-0.2, -0.15) is 0 Å². The Kier molecular flexibility index (Phi) is 3.85. The van der Waals surface area contributed by atoms with E-state index in [0.717, 1.165) is 5.56 Å². The number of rotatable bonds is 3. The summed E-state index contributed by atoms with van der Waals surface area (Å²) in [6.07, 6.45) is 6.68. The molecule has 0 aliphatic rings. The van der Waals surface area contributed by atoms with E-state index in [4.69, 9.17) is 0 Å². The smallest absolute Gasteiger partial charge is 0.244 e.